The molecule has 1 unspecified atom stereocenters. The zero-order valence-corrected chi connectivity index (χ0v) is 13.8. The lowest BCUT2D eigenvalue weighted by atomic mass is 9.88. The molecule has 1 atom stereocenters. The summed E-state index contributed by atoms with van der Waals surface area (Å²) in [7, 11) is 1.66. The highest BCUT2D eigenvalue weighted by Crippen LogP contribution is 2.28. The third kappa shape index (κ3) is 4.11. The van der Waals surface area contributed by atoms with Crippen LogP contribution in [-0.4, -0.2) is 37.6 Å². The number of rotatable bonds is 5. The Morgan fingerprint density at radius 1 is 1.38 bits per heavy atom. The summed E-state index contributed by atoms with van der Waals surface area (Å²) in [5.74, 6) is 1.09. The largest absolute Gasteiger partial charge is 0.497 e. The van der Waals surface area contributed by atoms with Crippen molar-refractivity contribution in [2.24, 2.45) is 5.41 Å². The number of methoxy groups -OCH3 is 1. The van der Waals surface area contributed by atoms with Crippen molar-refractivity contribution in [3.05, 3.63) is 29.8 Å². The van der Waals surface area contributed by atoms with Gasteiger partial charge in [0.2, 0.25) is 5.91 Å². The van der Waals surface area contributed by atoms with Gasteiger partial charge in [-0.15, -0.1) is 12.4 Å². The molecule has 1 amide bonds. The summed E-state index contributed by atoms with van der Waals surface area (Å²) in [5.41, 5.74) is 0.887. The van der Waals surface area contributed by atoms with Gasteiger partial charge in [0.1, 0.15) is 5.75 Å². The number of halogens is 1. The van der Waals surface area contributed by atoms with Gasteiger partial charge in [0.15, 0.2) is 0 Å². The number of benzene rings is 1. The number of hydrogen-bond donors (Lipinski definition) is 1. The Hall–Kier alpha value is -1.26. The molecular formula is C16H25ClN2O2. The molecule has 0 aromatic heterocycles. The highest BCUT2D eigenvalue weighted by atomic mass is 35.5. The van der Waals surface area contributed by atoms with Gasteiger partial charge in [0.25, 0.3) is 0 Å². The Morgan fingerprint density at radius 2 is 2.05 bits per heavy atom. The van der Waals surface area contributed by atoms with E-state index < -0.39 is 0 Å². The molecule has 1 N–H and O–H groups in total. The van der Waals surface area contributed by atoms with Gasteiger partial charge in [-0.2, -0.15) is 0 Å². The van der Waals surface area contributed by atoms with E-state index in [1.54, 1.807) is 7.11 Å². The van der Waals surface area contributed by atoms with Gasteiger partial charge >= 0.3 is 0 Å². The Kier molecular flexibility index (Phi) is 6.49. The molecule has 0 spiro atoms. The molecule has 4 nitrogen and oxygen atoms in total. The predicted octanol–water partition coefficient (Wildman–Crippen LogP) is 2.47. The van der Waals surface area contributed by atoms with Crippen LogP contribution in [0.1, 0.15) is 25.8 Å². The van der Waals surface area contributed by atoms with E-state index in [-0.39, 0.29) is 23.7 Å². The lowest BCUT2D eigenvalue weighted by Gasteiger charge is -2.30. The molecule has 1 fully saturated rings. The first-order valence-corrected chi connectivity index (χ1v) is 7.22. The normalized spacial score (nSPS) is 20.7. The van der Waals surface area contributed by atoms with E-state index >= 15 is 0 Å². The smallest absolute Gasteiger partial charge is 0.230 e. The summed E-state index contributed by atoms with van der Waals surface area (Å²) in [5, 5.41) is 3.29. The predicted molar refractivity (Wildman–Crippen MR) is 86.9 cm³/mol. The van der Waals surface area contributed by atoms with Crippen molar-refractivity contribution in [1.82, 2.24) is 10.2 Å². The molecule has 1 aliphatic rings. The van der Waals surface area contributed by atoms with E-state index in [0.717, 1.165) is 37.4 Å². The van der Waals surface area contributed by atoms with Crippen LogP contribution in [0.25, 0.3) is 0 Å². The van der Waals surface area contributed by atoms with Gasteiger partial charge in [0, 0.05) is 19.6 Å². The number of amides is 1. The molecule has 118 valence electrons. The second-order valence-corrected chi connectivity index (χ2v) is 5.65. The maximum atomic E-state index is 12.7. The molecule has 5 heteroatoms. The second-order valence-electron chi connectivity index (χ2n) is 5.65. The van der Waals surface area contributed by atoms with Crippen LogP contribution in [0.5, 0.6) is 5.75 Å². The fourth-order valence-electron chi connectivity index (χ4n) is 2.66. The third-order valence-corrected chi connectivity index (χ3v) is 4.09. The van der Waals surface area contributed by atoms with Gasteiger partial charge in [0.05, 0.1) is 12.5 Å². The van der Waals surface area contributed by atoms with Gasteiger partial charge in [-0.25, -0.2) is 0 Å². The molecule has 1 aromatic carbocycles. The summed E-state index contributed by atoms with van der Waals surface area (Å²) >= 11 is 0. The Morgan fingerprint density at radius 3 is 2.52 bits per heavy atom. The molecule has 1 saturated heterocycles. The van der Waals surface area contributed by atoms with E-state index in [1.807, 2.05) is 36.1 Å². The zero-order chi connectivity index (χ0) is 14.6. The van der Waals surface area contributed by atoms with Crippen LogP contribution in [0.15, 0.2) is 24.3 Å². The summed E-state index contributed by atoms with van der Waals surface area (Å²) in [4.78, 5) is 14.6. The summed E-state index contributed by atoms with van der Waals surface area (Å²) in [6, 6.07) is 7.91. The lowest BCUT2D eigenvalue weighted by molar-refractivity contribution is -0.140. The molecule has 1 heterocycles. The van der Waals surface area contributed by atoms with Crippen molar-refractivity contribution >= 4 is 18.3 Å². The minimum atomic E-state index is -0.248. The van der Waals surface area contributed by atoms with Crippen LogP contribution in [0, 0.1) is 5.41 Å². The van der Waals surface area contributed by atoms with Gasteiger partial charge in [-0.3, -0.25) is 4.79 Å². The van der Waals surface area contributed by atoms with E-state index in [4.69, 9.17) is 4.74 Å². The second kappa shape index (κ2) is 7.66. The van der Waals surface area contributed by atoms with Crippen LogP contribution in [-0.2, 0) is 11.3 Å². The van der Waals surface area contributed by atoms with Crippen molar-refractivity contribution in [2.75, 3.05) is 26.7 Å². The molecule has 2 rings (SSSR count). The van der Waals surface area contributed by atoms with Gasteiger partial charge < -0.3 is 15.0 Å². The van der Waals surface area contributed by atoms with Crippen molar-refractivity contribution in [3.63, 3.8) is 0 Å². The SMILES string of the molecule is CCN(Cc1ccc(OC)cc1)C(=O)C1(C)CCNC1.Cl. The quantitative estimate of drug-likeness (QED) is 0.908. The topological polar surface area (TPSA) is 41.6 Å². The average Bonchev–Trinajstić information content (AvgIpc) is 2.93. The van der Waals surface area contributed by atoms with Crippen LogP contribution in [0.4, 0.5) is 0 Å². The number of nitrogens with one attached hydrogen (secondary N) is 1. The number of nitrogens with zero attached hydrogens (tertiary/aromatic N) is 1. The molecular weight excluding hydrogens is 288 g/mol. The maximum absolute atomic E-state index is 12.7. The molecule has 0 aliphatic carbocycles. The standard InChI is InChI=1S/C16H24N2O2.ClH/c1-4-18(15(19)16(2)9-10-17-12-16)11-13-5-7-14(20-3)8-6-13;/h5-8,17H,4,9-12H2,1-3H3;1H. The van der Waals surface area contributed by atoms with Crippen molar-refractivity contribution in [1.29, 1.82) is 0 Å². The Balaban J connectivity index is 0.00000220. The number of carbonyl (C=O) groups is 1. The van der Waals surface area contributed by atoms with E-state index in [2.05, 4.69) is 12.2 Å². The fraction of sp³-hybridized carbons (Fsp3) is 0.562. The first kappa shape index (κ1) is 17.8. The molecule has 1 aliphatic heterocycles. The van der Waals surface area contributed by atoms with Crippen LogP contribution in [0.3, 0.4) is 0 Å². The zero-order valence-electron chi connectivity index (χ0n) is 13.0. The lowest BCUT2D eigenvalue weighted by Crippen LogP contribution is -2.43. The minimum absolute atomic E-state index is 0. The maximum Gasteiger partial charge on any atom is 0.230 e. The molecule has 1 aromatic rings. The number of ether oxygens (including phenoxy) is 1. The first-order valence-electron chi connectivity index (χ1n) is 7.22. The minimum Gasteiger partial charge on any atom is -0.497 e. The van der Waals surface area contributed by atoms with Gasteiger partial charge in [-0.05, 0) is 44.5 Å². The average molecular weight is 313 g/mol. The monoisotopic (exact) mass is 312 g/mol. The molecule has 21 heavy (non-hydrogen) atoms. The Labute approximate surface area is 133 Å². The fourth-order valence-corrected chi connectivity index (χ4v) is 2.66. The van der Waals surface area contributed by atoms with E-state index in [1.165, 1.54) is 0 Å². The Bertz CT molecular complexity index is 456. The number of carbonyl (C=O) groups excluding carboxylic acids is 1. The van der Waals surface area contributed by atoms with Gasteiger partial charge in [-0.1, -0.05) is 12.1 Å². The van der Waals surface area contributed by atoms with Crippen molar-refractivity contribution < 1.29 is 9.53 Å². The van der Waals surface area contributed by atoms with Crippen molar-refractivity contribution in [3.8, 4) is 5.75 Å². The third-order valence-electron chi connectivity index (χ3n) is 4.09. The van der Waals surface area contributed by atoms with E-state index in [0.29, 0.717) is 6.54 Å². The molecule has 0 radical (unpaired) electrons. The highest BCUT2D eigenvalue weighted by Gasteiger charge is 2.38. The first-order chi connectivity index (χ1) is 9.59. The van der Waals surface area contributed by atoms with Crippen LogP contribution in [0.2, 0.25) is 0 Å². The highest BCUT2D eigenvalue weighted by molar-refractivity contribution is 5.85. The van der Waals surface area contributed by atoms with E-state index in [9.17, 15) is 4.79 Å². The molecule has 0 saturated carbocycles. The molecule has 0 bridgehead atoms. The van der Waals surface area contributed by atoms with Crippen LogP contribution >= 0.6 is 12.4 Å². The number of hydrogen-bond acceptors (Lipinski definition) is 3. The van der Waals surface area contributed by atoms with Crippen LogP contribution < -0.4 is 10.1 Å². The summed E-state index contributed by atoms with van der Waals surface area (Å²) < 4.78 is 5.16. The summed E-state index contributed by atoms with van der Waals surface area (Å²) in [6.07, 6.45) is 0.922. The summed E-state index contributed by atoms with van der Waals surface area (Å²) in [6.45, 7) is 7.21. The van der Waals surface area contributed by atoms with Crippen molar-refractivity contribution in [2.45, 2.75) is 26.8 Å².